The van der Waals surface area contributed by atoms with E-state index in [0.29, 0.717) is 25.1 Å². The van der Waals surface area contributed by atoms with Gasteiger partial charge in [-0.15, -0.1) is 0 Å². The Balaban J connectivity index is 1.84. The maximum absolute atomic E-state index is 15.3. The van der Waals surface area contributed by atoms with Gasteiger partial charge in [0.2, 0.25) is 5.91 Å². The van der Waals surface area contributed by atoms with Crippen molar-refractivity contribution in [2.24, 2.45) is 5.73 Å². The number of primary amides is 1. The summed E-state index contributed by atoms with van der Waals surface area (Å²) in [5, 5.41) is 0. The van der Waals surface area contributed by atoms with Crippen molar-refractivity contribution in [1.82, 2.24) is 4.90 Å². The molecular weight excluding hydrogens is 379 g/mol. The molecule has 0 fully saturated rings. The lowest BCUT2D eigenvalue weighted by molar-refractivity contribution is -0.125. The van der Waals surface area contributed by atoms with Crippen molar-refractivity contribution < 1.29 is 14.0 Å². The highest BCUT2D eigenvalue weighted by atomic mass is 19.1. The molecule has 2 aliphatic rings. The van der Waals surface area contributed by atoms with Crippen LogP contribution in [-0.4, -0.2) is 23.3 Å². The van der Waals surface area contributed by atoms with Gasteiger partial charge in [-0.3, -0.25) is 9.59 Å². The first-order chi connectivity index (χ1) is 14.3. The molecule has 0 aromatic heterocycles. The second-order valence-electron chi connectivity index (χ2n) is 7.92. The maximum atomic E-state index is 15.3. The minimum Gasteiger partial charge on any atom is -0.366 e. The highest BCUT2D eigenvalue weighted by Gasteiger charge is 2.28. The number of benzene rings is 2. The Bertz CT molecular complexity index is 1200. The van der Waals surface area contributed by atoms with Gasteiger partial charge in [-0.25, -0.2) is 4.39 Å². The summed E-state index contributed by atoms with van der Waals surface area (Å²) >= 11 is 0. The number of nitrogens with two attached hydrogens (primary N) is 1. The minimum absolute atomic E-state index is 0.194. The Morgan fingerprint density at radius 3 is 2.60 bits per heavy atom. The van der Waals surface area contributed by atoms with Gasteiger partial charge in [-0.1, -0.05) is 23.6 Å². The Labute approximate surface area is 175 Å². The molecule has 4 nitrogen and oxygen atoms in total. The fraction of sp³-hybridized carbons (Fsp3) is 0.280. The zero-order valence-electron chi connectivity index (χ0n) is 17.4. The average molecular weight is 402 g/mol. The first-order valence-corrected chi connectivity index (χ1v) is 9.97. The summed E-state index contributed by atoms with van der Waals surface area (Å²) in [6, 6.07) is 7.14. The molecule has 30 heavy (non-hydrogen) atoms. The number of hydrogen-bond acceptors (Lipinski definition) is 2. The lowest BCUT2D eigenvalue weighted by atomic mass is 9.88. The molecule has 0 saturated heterocycles. The van der Waals surface area contributed by atoms with Crippen molar-refractivity contribution in [2.75, 3.05) is 6.54 Å². The minimum atomic E-state index is -0.615. The molecule has 0 unspecified atom stereocenters. The highest BCUT2D eigenvalue weighted by Crippen LogP contribution is 2.43. The van der Waals surface area contributed by atoms with E-state index in [0.717, 1.165) is 45.4 Å². The third kappa shape index (κ3) is 3.19. The van der Waals surface area contributed by atoms with Crippen molar-refractivity contribution in [2.45, 2.75) is 40.2 Å². The molecule has 1 aliphatic heterocycles. The molecule has 5 heteroatoms. The van der Waals surface area contributed by atoms with Gasteiger partial charge in [0.1, 0.15) is 5.82 Å². The molecule has 4 rings (SSSR count). The molecule has 2 N–H and O–H groups in total. The largest absolute Gasteiger partial charge is 0.366 e. The lowest BCUT2D eigenvalue weighted by Gasteiger charge is -2.28. The number of hydrogen-bond donors (Lipinski definition) is 1. The first-order valence-electron chi connectivity index (χ1n) is 9.97. The molecule has 2 amide bonds. The number of carbonyl (C=O) groups excluding carboxylic acids is 2. The fourth-order valence-corrected chi connectivity index (χ4v) is 4.47. The first kappa shape index (κ1) is 19.9. The Morgan fingerprint density at radius 1 is 1.13 bits per heavy atom. The van der Waals surface area contributed by atoms with E-state index in [1.165, 1.54) is 6.07 Å². The number of halogens is 1. The van der Waals surface area contributed by atoms with Crippen LogP contribution in [0.2, 0.25) is 0 Å². The normalized spacial score (nSPS) is 14.7. The number of rotatable bonds is 2. The molecule has 0 bridgehead atoms. The molecule has 0 radical (unpaired) electrons. The second kappa shape index (κ2) is 7.46. The molecular formula is C25H23FN2O2. The van der Waals surface area contributed by atoms with E-state index < -0.39 is 11.7 Å². The monoisotopic (exact) mass is 402 g/mol. The van der Waals surface area contributed by atoms with Gasteiger partial charge in [-0.2, -0.15) is 0 Å². The molecule has 0 atom stereocenters. The van der Waals surface area contributed by atoms with Crippen molar-refractivity contribution in [3.63, 3.8) is 0 Å². The summed E-state index contributed by atoms with van der Waals surface area (Å²) in [4.78, 5) is 25.8. The number of amides is 2. The van der Waals surface area contributed by atoms with E-state index in [9.17, 15) is 9.59 Å². The van der Waals surface area contributed by atoms with Crippen LogP contribution < -0.4 is 5.73 Å². The van der Waals surface area contributed by atoms with E-state index in [1.54, 1.807) is 11.8 Å². The number of carbonyl (C=O) groups is 2. The molecule has 1 aliphatic carbocycles. The summed E-state index contributed by atoms with van der Waals surface area (Å²) < 4.78 is 15.3. The summed E-state index contributed by atoms with van der Waals surface area (Å²) in [5.74, 6) is 3.97. The lowest BCUT2D eigenvalue weighted by Crippen LogP contribution is -2.35. The van der Waals surface area contributed by atoms with Crippen LogP contribution in [0, 0.1) is 17.7 Å². The highest BCUT2D eigenvalue weighted by molar-refractivity contribution is 6.00. The van der Waals surface area contributed by atoms with Gasteiger partial charge < -0.3 is 10.6 Å². The quantitative estimate of drug-likeness (QED) is 0.776. The Kier molecular flexibility index (Phi) is 4.95. The third-order valence-corrected chi connectivity index (χ3v) is 6.14. The number of allylic oxidation sites excluding steroid dienone is 2. The predicted octanol–water partition coefficient (Wildman–Crippen LogP) is 3.85. The van der Waals surface area contributed by atoms with Crippen molar-refractivity contribution in [1.29, 1.82) is 0 Å². The average Bonchev–Trinajstić information content (AvgIpc) is 3.01. The van der Waals surface area contributed by atoms with Crippen molar-refractivity contribution >= 4 is 17.4 Å². The van der Waals surface area contributed by atoms with Crippen molar-refractivity contribution in [3.05, 3.63) is 63.5 Å². The van der Waals surface area contributed by atoms with E-state index in [2.05, 4.69) is 11.8 Å². The molecule has 0 spiro atoms. The van der Waals surface area contributed by atoms with E-state index in [-0.39, 0.29) is 11.5 Å². The van der Waals surface area contributed by atoms with Gasteiger partial charge in [0, 0.05) is 24.2 Å². The van der Waals surface area contributed by atoms with Crippen LogP contribution in [-0.2, 0) is 24.2 Å². The topological polar surface area (TPSA) is 63.4 Å². The number of nitrogens with zero attached hydrogens (tertiary/aromatic N) is 1. The fourth-order valence-electron chi connectivity index (χ4n) is 4.47. The van der Waals surface area contributed by atoms with Crippen LogP contribution in [0.5, 0.6) is 0 Å². The van der Waals surface area contributed by atoms with E-state index in [4.69, 9.17) is 5.73 Å². The van der Waals surface area contributed by atoms with E-state index in [1.807, 2.05) is 32.0 Å². The zero-order valence-corrected chi connectivity index (χ0v) is 17.4. The van der Waals surface area contributed by atoms with Gasteiger partial charge in [0.05, 0.1) is 0 Å². The molecule has 1 heterocycles. The molecule has 2 aromatic rings. The maximum Gasteiger partial charge on any atom is 0.298 e. The van der Waals surface area contributed by atoms with Crippen LogP contribution in [0.25, 0.3) is 16.7 Å². The van der Waals surface area contributed by atoms with Crippen LogP contribution in [0.3, 0.4) is 0 Å². The van der Waals surface area contributed by atoms with Crippen LogP contribution in [0.4, 0.5) is 4.39 Å². The second-order valence-corrected chi connectivity index (χ2v) is 7.92. The Morgan fingerprint density at radius 2 is 1.90 bits per heavy atom. The molecule has 152 valence electrons. The van der Waals surface area contributed by atoms with E-state index >= 15 is 4.39 Å². The summed E-state index contributed by atoms with van der Waals surface area (Å²) in [6.07, 6.45) is 1.33. The summed E-state index contributed by atoms with van der Waals surface area (Å²) in [6.45, 7) is 6.67. The SMILES string of the molecule is CC#CC(=O)N1CCc2ccc(-c3c(F)cc(C(N)=O)c4c3C(C)=C(C)C4)cc2C1. The zero-order chi connectivity index (χ0) is 21.6. The third-order valence-electron chi connectivity index (χ3n) is 6.14. The van der Waals surface area contributed by atoms with Crippen LogP contribution in [0.15, 0.2) is 29.8 Å². The number of fused-ring (bicyclic) bond motifs is 2. The van der Waals surface area contributed by atoms with Crippen molar-refractivity contribution in [3.8, 4) is 23.0 Å². The van der Waals surface area contributed by atoms with Gasteiger partial charge in [0.25, 0.3) is 5.91 Å². The van der Waals surface area contributed by atoms with Gasteiger partial charge in [0.15, 0.2) is 0 Å². The summed E-state index contributed by atoms with van der Waals surface area (Å²) in [7, 11) is 0. The Hall–Kier alpha value is -3.39. The summed E-state index contributed by atoms with van der Waals surface area (Å²) in [5.41, 5.74) is 12.8. The molecule has 2 aromatic carbocycles. The van der Waals surface area contributed by atoms with Gasteiger partial charge in [-0.05, 0) is 85.1 Å². The standard InChI is InChI=1S/C25H23FN2O2/c1-4-5-22(29)28-9-8-16-6-7-17(11-18(16)13-28)24-21(26)12-20(25(27)30)19-10-14(2)15(3)23(19)24/h6-7,11-12H,8-10,13H2,1-3H3,(H2,27,30). The predicted molar refractivity (Wildman–Crippen MR) is 115 cm³/mol. The van der Waals surface area contributed by atoms with Gasteiger partial charge >= 0.3 is 0 Å². The van der Waals surface area contributed by atoms with Crippen LogP contribution in [0.1, 0.15) is 53.4 Å². The smallest absolute Gasteiger partial charge is 0.298 e. The molecule has 0 saturated carbocycles. The van der Waals surface area contributed by atoms with Crippen LogP contribution >= 0.6 is 0 Å².